The molecule has 0 heterocycles. The first-order chi connectivity index (χ1) is 11.3. The third-order valence-corrected chi connectivity index (χ3v) is 3.54. The van der Waals surface area contributed by atoms with Crippen molar-refractivity contribution in [1.29, 1.82) is 0 Å². The summed E-state index contributed by atoms with van der Waals surface area (Å²) in [5.74, 6) is -0.261. The smallest absolute Gasteiger partial charge is 0.305 e. The second-order valence-electron chi connectivity index (χ2n) is 5.08. The Balaban J connectivity index is 2.67. The average Bonchev–Trinajstić information content (AvgIpc) is 2.48. The monoisotopic (exact) mass is 359 g/mol. The third kappa shape index (κ3) is 6.92. The molecule has 0 radical (unpaired) electrons. The van der Waals surface area contributed by atoms with Crippen LogP contribution in [-0.2, 0) is 20.8 Å². The van der Waals surface area contributed by atoms with Crippen LogP contribution >= 0.6 is 0 Å². The summed E-state index contributed by atoms with van der Waals surface area (Å²) in [6, 6.07) is 4.02. The van der Waals surface area contributed by atoms with E-state index >= 15 is 0 Å². The number of ether oxygens (including phenoxy) is 1. The molecular formula is C14H21N3O6S. The first kappa shape index (κ1) is 19.8. The summed E-state index contributed by atoms with van der Waals surface area (Å²) in [6.07, 6.45) is 1.54. The number of carbonyl (C=O) groups is 1. The van der Waals surface area contributed by atoms with Crippen molar-refractivity contribution in [3.8, 4) is 0 Å². The van der Waals surface area contributed by atoms with Crippen molar-refractivity contribution in [2.24, 2.45) is 0 Å². The molecule has 0 saturated heterocycles. The maximum Gasteiger partial charge on any atom is 0.305 e. The number of anilines is 2. The Labute approximate surface area is 142 Å². The fourth-order valence-corrected chi connectivity index (χ4v) is 2.42. The summed E-state index contributed by atoms with van der Waals surface area (Å²) in [5, 5.41) is 14.2. The van der Waals surface area contributed by atoms with Crippen molar-refractivity contribution in [1.82, 2.24) is 0 Å². The molecule has 2 atom stereocenters. The number of esters is 1. The molecule has 3 N–H and O–H groups in total. The van der Waals surface area contributed by atoms with Gasteiger partial charge < -0.3 is 10.1 Å². The zero-order chi connectivity index (χ0) is 18.1. The molecule has 1 aromatic carbocycles. The molecule has 0 aromatic heterocycles. The zero-order valence-corrected chi connectivity index (χ0v) is 14.3. The predicted molar refractivity (Wildman–Crippen MR) is 91.1 cm³/mol. The summed E-state index contributed by atoms with van der Waals surface area (Å²) >= 11 is -2.30. The van der Waals surface area contributed by atoms with Crippen LogP contribution < -0.4 is 10.0 Å². The molecule has 24 heavy (non-hydrogen) atoms. The van der Waals surface area contributed by atoms with Crippen molar-refractivity contribution in [2.75, 3.05) is 16.6 Å². The topological polar surface area (TPSA) is 131 Å². The van der Waals surface area contributed by atoms with Gasteiger partial charge in [0, 0.05) is 18.5 Å². The molecule has 134 valence electrons. The normalized spacial score (nSPS) is 13.0. The molecule has 0 bridgehead atoms. The molecule has 0 spiro atoms. The van der Waals surface area contributed by atoms with Crippen LogP contribution in [0.15, 0.2) is 18.2 Å². The summed E-state index contributed by atoms with van der Waals surface area (Å²) in [7, 11) is 0. The van der Waals surface area contributed by atoms with Crippen molar-refractivity contribution in [3.63, 3.8) is 0 Å². The van der Waals surface area contributed by atoms with Crippen LogP contribution in [0.5, 0.6) is 0 Å². The van der Waals surface area contributed by atoms with Gasteiger partial charge in [0.2, 0.25) is 0 Å². The predicted octanol–water partition coefficient (Wildman–Crippen LogP) is 2.68. The van der Waals surface area contributed by atoms with E-state index < -0.39 is 16.2 Å². The maximum atomic E-state index is 11.3. The van der Waals surface area contributed by atoms with Gasteiger partial charge in [-0.05, 0) is 38.8 Å². The van der Waals surface area contributed by atoms with E-state index in [-0.39, 0.29) is 23.4 Å². The van der Waals surface area contributed by atoms with Gasteiger partial charge in [-0.3, -0.25) is 24.2 Å². The summed E-state index contributed by atoms with van der Waals surface area (Å²) < 4.78 is 26.5. The Kier molecular flexibility index (Phi) is 8.13. The first-order valence-corrected chi connectivity index (χ1v) is 8.52. The van der Waals surface area contributed by atoms with Gasteiger partial charge in [-0.15, -0.1) is 0 Å². The molecular weight excluding hydrogens is 338 g/mol. The van der Waals surface area contributed by atoms with Crippen LogP contribution in [0.3, 0.4) is 0 Å². The number of nitrogens with zero attached hydrogens (tertiary/aromatic N) is 1. The molecule has 0 aliphatic heterocycles. The highest BCUT2D eigenvalue weighted by Gasteiger charge is 2.17. The lowest BCUT2D eigenvalue weighted by molar-refractivity contribution is -0.383. The van der Waals surface area contributed by atoms with Gasteiger partial charge in [-0.2, -0.15) is 0 Å². The summed E-state index contributed by atoms with van der Waals surface area (Å²) in [6.45, 7) is 3.94. The van der Waals surface area contributed by atoms with Gasteiger partial charge in [0.15, 0.2) is 0 Å². The number of nitro groups is 1. The van der Waals surface area contributed by atoms with Gasteiger partial charge in [0.05, 0.1) is 17.2 Å². The Bertz CT molecular complexity index is 610. The van der Waals surface area contributed by atoms with Gasteiger partial charge in [0.25, 0.3) is 17.0 Å². The van der Waals surface area contributed by atoms with E-state index in [4.69, 9.17) is 9.29 Å². The number of rotatable bonds is 10. The van der Waals surface area contributed by atoms with Crippen molar-refractivity contribution >= 4 is 34.3 Å². The van der Waals surface area contributed by atoms with Crippen LogP contribution in [0.1, 0.15) is 33.1 Å². The van der Waals surface area contributed by atoms with Crippen LogP contribution in [0, 0.1) is 10.1 Å². The molecule has 0 fully saturated rings. The maximum absolute atomic E-state index is 11.3. The van der Waals surface area contributed by atoms with E-state index in [1.165, 1.54) is 18.2 Å². The molecule has 9 nitrogen and oxygen atoms in total. The minimum atomic E-state index is -2.30. The number of nitrogens with one attached hydrogen (secondary N) is 2. The van der Waals surface area contributed by atoms with Crippen LogP contribution in [-0.4, -0.2) is 32.3 Å². The fraction of sp³-hybridized carbons (Fsp3) is 0.500. The highest BCUT2D eigenvalue weighted by molar-refractivity contribution is 7.80. The minimum Gasteiger partial charge on any atom is -0.466 e. The molecule has 2 unspecified atom stereocenters. The molecule has 1 aromatic rings. The van der Waals surface area contributed by atoms with E-state index in [0.717, 1.165) is 0 Å². The van der Waals surface area contributed by atoms with E-state index in [2.05, 4.69) is 10.0 Å². The third-order valence-electron chi connectivity index (χ3n) is 3.12. The summed E-state index contributed by atoms with van der Waals surface area (Å²) in [5.41, 5.74) is 0.267. The zero-order valence-electron chi connectivity index (χ0n) is 13.5. The Morgan fingerprint density at radius 2 is 2.21 bits per heavy atom. The number of nitro benzene ring substituents is 1. The Morgan fingerprint density at radius 1 is 1.50 bits per heavy atom. The van der Waals surface area contributed by atoms with Crippen LogP contribution in [0.4, 0.5) is 17.1 Å². The lowest BCUT2D eigenvalue weighted by Gasteiger charge is -2.15. The minimum absolute atomic E-state index is 0.0936. The quantitative estimate of drug-likeness (QED) is 0.253. The lowest BCUT2D eigenvalue weighted by atomic mass is 10.1. The second kappa shape index (κ2) is 9.83. The van der Waals surface area contributed by atoms with E-state index in [9.17, 15) is 19.1 Å². The van der Waals surface area contributed by atoms with Gasteiger partial charge in [-0.25, -0.2) is 4.21 Å². The number of benzene rings is 1. The molecule has 10 heteroatoms. The van der Waals surface area contributed by atoms with Gasteiger partial charge >= 0.3 is 5.97 Å². The van der Waals surface area contributed by atoms with Crippen LogP contribution in [0.25, 0.3) is 0 Å². The highest BCUT2D eigenvalue weighted by Crippen LogP contribution is 2.29. The van der Waals surface area contributed by atoms with E-state index in [1.807, 2.05) is 6.92 Å². The van der Waals surface area contributed by atoms with Crippen molar-refractivity contribution in [2.45, 2.75) is 39.2 Å². The molecule has 0 aliphatic carbocycles. The SMILES string of the molecule is CCOC(=O)CCCC(C)Nc1ccc(NS(=O)O)cc1[N+](=O)[O-]. The second-order valence-corrected chi connectivity index (χ2v) is 5.79. The first-order valence-electron chi connectivity index (χ1n) is 7.41. The Morgan fingerprint density at radius 3 is 2.79 bits per heavy atom. The van der Waals surface area contributed by atoms with E-state index in [0.29, 0.717) is 31.6 Å². The average molecular weight is 359 g/mol. The number of hydrogen-bond donors (Lipinski definition) is 3. The van der Waals surface area contributed by atoms with Gasteiger partial charge in [0.1, 0.15) is 5.69 Å². The van der Waals surface area contributed by atoms with E-state index in [1.54, 1.807) is 6.92 Å². The standard InChI is InChI=1S/C14H21N3O6S/c1-3-23-14(18)6-4-5-10(2)15-12-8-7-11(16-24(21)22)9-13(12)17(19)20/h7-10,15-16H,3-6H2,1-2H3,(H,21,22). The Hall–Kier alpha value is -2.20. The van der Waals surface area contributed by atoms with Crippen molar-refractivity contribution < 1.29 is 23.2 Å². The lowest BCUT2D eigenvalue weighted by Crippen LogP contribution is -2.17. The number of hydrogen-bond acceptors (Lipinski definition) is 6. The summed E-state index contributed by atoms with van der Waals surface area (Å²) in [4.78, 5) is 21.9. The van der Waals surface area contributed by atoms with Crippen LogP contribution in [0.2, 0.25) is 0 Å². The largest absolute Gasteiger partial charge is 0.466 e. The van der Waals surface area contributed by atoms with Crippen molar-refractivity contribution in [3.05, 3.63) is 28.3 Å². The van der Waals surface area contributed by atoms with Gasteiger partial charge in [-0.1, -0.05) is 0 Å². The fourth-order valence-electron chi connectivity index (χ4n) is 2.09. The molecule has 0 amide bonds. The molecule has 1 rings (SSSR count). The molecule has 0 aliphatic rings. The number of carbonyl (C=O) groups excluding carboxylic acids is 1. The highest BCUT2D eigenvalue weighted by atomic mass is 32.2. The molecule has 0 saturated carbocycles.